The summed E-state index contributed by atoms with van der Waals surface area (Å²) in [6, 6.07) is 18.7. The predicted octanol–water partition coefficient (Wildman–Crippen LogP) is 2.76. The zero-order chi connectivity index (χ0) is 19.3. The van der Waals surface area contributed by atoms with Gasteiger partial charge in [-0.3, -0.25) is 5.32 Å². The molecule has 8 heteroatoms. The molecule has 0 saturated carbocycles. The quantitative estimate of drug-likeness (QED) is 0.682. The van der Waals surface area contributed by atoms with Crippen LogP contribution in [0, 0.1) is 0 Å². The molecule has 0 unspecified atom stereocenters. The van der Waals surface area contributed by atoms with Crippen LogP contribution in [0.2, 0.25) is 0 Å². The Hall–Kier alpha value is -2.68. The molecule has 2 heterocycles. The summed E-state index contributed by atoms with van der Waals surface area (Å²) in [4.78, 5) is 12.1. The van der Waals surface area contributed by atoms with E-state index in [-0.39, 0.29) is 24.9 Å². The molecule has 0 aliphatic carbocycles. The van der Waals surface area contributed by atoms with Crippen LogP contribution in [0.4, 0.5) is 16.2 Å². The lowest BCUT2D eigenvalue weighted by Gasteiger charge is -2.19. The molecule has 3 N–H and O–H groups in total. The molecule has 2 aliphatic rings. The number of amides is 1. The van der Waals surface area contributed by atoms with E-state index < -0.39 is 12.2 Å². The number of para-hydroxylation sites is 2. The second kappa shape index (κ2) is 8.55. The van der Waals surface area contributed by atoms with Gasteiger partial charge in [-0.25, -0.2) is 4.79 Å². The number of carbonyl (C=O) groups excluding carboxylic acids is 1. The number of nitrogens with one attached hydrogen (secondary N) is 3. The minimum atomic E-state index is -0.526. The van der Waals surface area contributed by atoms with Gasteiger partial charge in [-0.15, -0.1) is 0 Å². The van der Waals surface area contributed by atoms with Crippen LogP contribution in [0.1, 0.15) is 0 Å². The van der Waals surface area contributed by atoms with Crippen molar-refractivity contribution in [3.05, 3.63) is 60.7 Å². The first-order chi connectivity index (χ1) is 13.7. The molecular formula is C20H21N3O4S. The highest BCUT2D eigenvalue weighted by Crippen LogP contribution is 2.29. The number of fused-ring (bicyclic) bond motifs is 1. The lowest BCUT2D eigenvalue weighted by atomic mass is 10.1. The summed E-state index contributed by atoms with van der Waals surface area (Å²) in [7, 11) is 0. The zero-order valence-electron chi connectivity index (χ0n) is 15.0. The van der Waals surface area contributed by atoms with Gasteiger partial charge in [0, 0.05) is 11.4 Å². The van der Waals surface area contributed by atoms with Crippen molar-refractivity contribution in [2.45, 2.75) is 24.4 Å². The number of anilines is 2. The Balaban J connectivity index is 1.28. The monoisotopic (exact) mass is 399 g/mol. The number of carbonyl (C=O) groups is 1. The Morgan fingerprint density at radius 2 is 1.50 bits per heavy atom. The van der Waals surface area contributed by atoms with Gasteiger partial charge in [-0.1, -0.05) is 36.4 Å². The van der Waals surface area contributed by atoms with Crippen LogP contribution in [0.25, 0.3) is 0 Å². The topological polar surface area (TPSA) is 80.9 Å². The fourth-order valence-electron chi connectivity index (χ4n) is 3.35. The van der Waals surface area contributed by atoms with Gasteiger partial charge in [0.25, 0.3) is 0 Å². The maximum Gasteiger partial charge on any atom is 0.412 e. The van der Waals surface area contributed by atoms with Crippen LogP contribution in [0.3, 0.4) is 0 Å². The van der Waals surface area contributed by atoms with E-state index in [2.05, 4.69) is 16.0 Å². The van der Waals surface area contributed by atoms with E-state index in [0.29, 0.717) is 17.4 Å². The van der Waals surface area contributed by atoms with Gasteiger partial charge in [0.2, 0.25) is 0 Å². The molecule has 0 bridgehead atoms. The molecule has 2 aromatic carbocycles. The number of thiocarbonyl (C=S) groups is 1. The van der Waals surface area contributed by atoms with Crippen molar-refractivity contribution < 1.29 is 19.0 Å². The molecule has 28 heavy (non-hydrogen) atoms. The van der Waals surface area contributed by atoms with Crippen LogP contribution < -0.4 is 16.0 Å². The molecule has 0 spiro atoms. The van der Waals surface area contributed by atoms with Crippen LogP contribution in [0.15, 0.2) is 60.7 Å². The third-order valence-corrected chi connectivity index (χ3v) is 4.85. The van der Waals surface area contributed by atoms with Crippen LogP contribution >= 0.6 is 12.2 Å². The lowest BCUT2D eigenvalue weighted by molar-refractivity contribution is 0.00880. The van der Waals surface area contributed by atoms with E-state index in [1.807, 2.05) is 48.5 Å². The molecule has 7 nitrogen and oxygen atoms in total. The molecule has 2 aliphatic heterocycles. The van der Waals surface area contributed by atoms with Crippen LogP contribution in [-0.2, 0) is 14.2 Å². The summed E-state index contributed by atoms with van der Waals surface area (Å²) >= 11 is 5.38. The number of hydrogen-bond acceptors (Lipinski definition) is 5. The number of ether oxygens (including phenoxy) is 3. The van der Waals surface area contributed by atoms with Crippen molar-refractivity contribution in [1.82, 2.24) is 5.32 Å². The van der Waals surface area contributed by atoms with Crippen LogP contribution in [-0.4, -0.2) is 48.8 Å². The molecule has 0 radical (unpaired) electrons. The molecule has 2 saturated heterocycles. The maximum absolute atomic E-state index is 12.1. The summed E-state index contributed by atoms with van der Waals surface area (Å²) in [5.41, 5.74) is 1.58. The fraction of sp³-hybridized carbons (Fsp3) is 0.300. The zero-order valence-corrected chi connectivity index (χ0v) is 15.9. The van der Waals surface area contributed by atoms with Crippen molar-refractivity contribution in [2.24, 2.45) is 0 Å². The number of benzene rings is 2. The first-order valence-electron chi connectivity index (χ1n) is 9.07. The largest absolute Gasteiger partial charge is 0.441 e. The third-order valence-electron chi connectivity index (χ3n) is 4.63. The second-order valence-corrected chi connectivity index (χ2v) is 7.01. The SMILES string of the molecule is O=C(Nc1ccccc1)O[C@@H]1CO[C@H]2[C@@H]1OC[C@@H]2NC(=S)Nc1ccccc1. The normalized spacial score (nSPS) is 25.6. The summed E-state index contributed by atoms with van der Waals surface area (Å²) in [5.74, 6) is 0. The van der Waals surface area contributed by atoms with Gasteiger partial charge in [0.15, 0.2) is 11.2 Å². The van der Waals surface area contributed by atoms with Gasteiger partial charge >= 0.3 is 6.09 Å². The minimum absolute atomic E-state index is 0.112. The van der Waals surface area contributed by atoms with Gasteiger partial charge in [-0.05, 0) is 36.5 Å². The molecule has 2 aromatic rings. The van der Waals surface area contributed by atoms with Crippen molar-refractivity contribution in [3.8, 4) is 0 Å². The average molecular weight is 399 g/mol. The third kappa shape index (κ3) is 4.41. The van der Waals surface area contributed by atoms with Gasteiger partial charge in [0.1, 0.15) is 12.2 Å². The van der Waals surface area contributed by atoms with Crippen LogP contribution in [0.5, 0.6) is 0 Å². The molecule has 4 atom stereocenters. The summed E-state index contributed by atoms with van der Waals surface area (Å²) in [5, 5.41) is 9.56. The molecule has 4 rings (SSSR count). The molecular weight excluding hydrogens is 378 g/mol. The Morgan fingerprint density at radius 3 is 2.18 bits per heavy atom. The second-order valence-electron chi connectivity index (χ2n) is 6.60. The summed E-state index contributed by atoms with van der Waals surface area (Å²) in [6.45, 7) is 0.709. The van der Waals surface area contributed by atoms with Crippen molar-refractivity contribution in [3.63, 3.8) is 0 Å². The smallest absolute Gasteiger partial charge is 0.412 e. The Morgan fingerprint density at radius 1 is 0.893 bits per heavy atom. The van der Waals surface area contributed by atoms with Gasteiger partial charge in [0.05, 0.1) is 19.3 Å². The number of hydrogen-bond donors (Lipinski definition) is 3. The highest BCUT2D eigenvalue weighted by atomic mass is 32.1. The molecule has 1 amide bonds. The average Bonchev–Trinajstić information content (AvgIpc) is 3.27. The Kier molecular flexibility index (Phi) is 5.70. The van der Waals surface area contributed by atoms with Gasteiger partial charge < -0.3 is 24.8 Å². The molecule has 0 aromatic heterocycles. The summed E-state index contributed by atoms with van der Waals surface area (Å²) in [6.07, 6.45) is -1.54. The van der Waals surface area contributed by atoms with Crippen molar-refractivity contribution in [2.75, 3.05) is 23.8 Å². The lowest BCUT2D eigenvalue weighted by Crippen LogP contribution is -2.46. The van der Waals surface area contributed by atoms with E-state index in [0.717, 1.165) is 5.69 Å². The highest BCUT2D eigenvalue weighted by molar-refractivity contribution is 7.80. The molecule has 2 fully saturated rings. The minimum Gasteiger partial charge on any atom is -0.441 e. The Bertz CT molecular complexity index is 751. The van der Waals surface area contributed by atoms with E-state index in [9.17, 15) is 4.79 Å². The van der Waals surface area contributed by atoms with Crippen molar-refractivity contribution in [1.29, 1.82) is 0 Å². The predicted molar refractivity (Wildman–Crippen MR) is 109 cm³/mol. The van der Waals surface area contributed by atoms with Gasteiger partial charge in [-0.2, -0.15) is 0 Å². The maximum atomic E-state index is 12.1. The summed E-state index contributed by atoms with van der Waals surface area (Å²) < 4.78 is 17.2. The van der Waals surface area contributed by atoms with E-state index in [4.69, 9.17) is 26.4 Å². The Labute approximate surface area is 168 Å². The van der Waals surface area contributed by atoms with Crippen molar-refractivity contribution >= 4 is 34.8 Å². The first-order valence-corrected chi connectivity index (χ1v) is 9.48. The standard InChI is InChI=1S/C20H21N3O4S/c24-20(22-14-9-5-2-6-10-14)27-16-12-26-17-15(11-25-18(16)17)23-19(28)21-13-7-3-1-4-8-13/h1-10,15-18H,11-12H2,(H,22,24)(H2,21,23,28)/t15-,16+,17+,18+/m0/s1. The fourth-order valence-corrected chi connectivity index (χ4v) is 3.62. The molecule has 146 valence electrons. The highest BCUT2D eigenvalue weighted by Gasteiger charge is 2.49. The van der Waals surface area contributed by atoms with E-state index >= 15 is 0 Å². The van der Waals surface area contributed by atoms with E-state index in [1.165, 1.54) is 0 Å². The first kappa shape index (κ1) is 18.7. The van der Waals surface area contributed by atoms with E-state index in [1.54, 1.807) is 12.1 Å². The number of rotatable bonds is 4.